The maximum Gasteiger partial charge on any atom is 0.343 e. The summed E-state index contributed by atoms with van der Waals surface area (Å²) in [5.41, 5.74) is 0.767. The molecule has 0 fully saturated rings. The fourth-order valence-corrected chi connectivity index (χ4v) is 3.13. The summed E-state index contributed by atoms with van der Waals surface area (Å²) in [4.78, 5) is 12.5. The van der Waals surface area contributed by atoms with Gasteiger partial charge in [-0.05, 0) is 36.2 Å². The Balaban J connectivity index is 2.01. The van der Waals surface area contributed by atoms with E-state index in [1.807, 2.05) is 13.0 Å². The molecule has 0 saturated carbocycles. The van der Waals surface area contributed by atoms with Crippen molar-refractivity contribution in [1.82, 2.24) is 0 Å². The van der Waals surface area contributed by atoms with Gasteiger partial charge in [0.05, 0.1) is 17.6 Å². The van der Waals surface area contributed by atoms with E-state index in [0.717, 1.165) is 5.56 Å². The van der Waals surface area contributed by atoms with Crippen LogP contribution in [0.2, 0.25) is 0 Å². The van der Waals surface area contributed by atoms with Gasteiger partial charge in [-0.15, -0.1) is 0 Å². The van der Waals surface area contributed by atoms with E-state index in [1.54, 1.807) is 42.5 Å². The molecule has 2 atom stereocenters. The lowest BCUT2D eigenvalue weighted by molar-refractivity contribution is 0.0536. The predicted molar refractivity (Wildman–Crippen MR) is 101 cm³/mol. The first-order valence-electron chi connectivity index (χ1n) is 8.81. The van der Waals surface area contributed by atoms with Crippen LogP contribution in [0.5, 0.6) is 11.5 Å². The predicted octanol–water partition coefficient (Wildman–Crippen LogP) is 2.77. The van der Waals surface area contributed by atoms with Crippen LogP contribution in [-0.2, 0) is 0 Å². The van der Waals surface area contributed by atoms with Gasteiger partial charge < -0.3 is 24.5 Å². The Morgan fingerprint density at radius 3 is 2.67 bits per heavy atom. The number of hydrogen-bond acceptors (Lipinski definition) is 6. The second kappa shape index (κ2) is 8.24. The Bertz CT molecular complexity index is 978. The highest BCUT2D eigenvalue weighted by Gasteiger charge is 2.23. The van der Waals surface area contributed by atoms with Crippen LogP contribution in [0, 0.1) is 0 Å². The van der Waals surface area contributed by atoms with Gasteiger partial charge in [-0.2, -0.15) is 0 Å². The maximum absolute atomic E-state index is 12.5. The average molecular weight is 370 g/mol. The van der Waals surface area contributed by atoms with Crippen molar-refractivity contribution < 1.29 is 24.5 Å². The fourth-order valence-electron chi connectivity index (χ4n) is 3.13. The second-order valence-electron chi connectivity index (χ2n) is 6.33. The van der Waals surface area contributed by atoms with E-state index in [0.29, 0.717) is 23.1 Å². The van der Waals surface area contributed by atoms with Crippen LogP contribution in [0.1, 0.15) is 30.4 Å². The van der Waals surface area contributed by atoms with E-state index in [4.69, 9.17) is 14.3 Å². The van der Waals surface area contributed by atoms with Crippen molar-refractivity contribution in [3.63, 3.8) is 0 Å². The SMILES string of the molecule is CCC(c1cccc(OCC(O)CO)c1)c1c(O)c2ccccc2oc1=O. The molecule has 27 heavy (non-hydrogen) atoms. The molecular formula is C21H22O6. The molecule has 0 bridgehead atoms. The molecule has 2 aromatic carbocycles. The van der Waals surface area contributed by atoms with Gasteiger partial charge >= 0.3 is 5.63 Å². The Labute approximate surface area is 156 Å². The number of rotatable bonds is 7. The van der Waals surface area contributed by atoms with E-state index in [1.165, 1.54) is 0 Å². The number of aliphatic hydroxyl groups excluding tert-OH is 2. The molecule has 0 aliphatic rings. The van der Waals surface area contributed by atoms with Crippen molar-refractivity contribution in [3.8, 4) is 11.5 Å². The van der Waals surface area contributed by atoms with Gasteiger partial charge in [0.15, 0.2) is 0 Å². The van der Waals surface area contributed by atoms with E-state index >= 15 is 0 Å². The van der Waals surface area contributed by atoms with Crippen LogP contribution < -0.4 is 10.4 Å². The van der Waals surface area contributed by atoms with Gasteiger partial charge in [0.25, 0.3) is 0 Å². The fraction of sp³-hybridized carbons (Fsp3) is 0.286. The lowest BCUT2D eigenvalue weighted by atomic mass is 9.89. The summed E-state index contributed by atoms with van der Waals surface area (Å²) in [7, 11) is 0. The zero-order valence-corrected chi connectivity index (χ0v) is 15.0. The minimum atomic E-state index is -0.966. The molecule has 0 radical (unpaired) electrons. The highest BCUT2D eigenvalue weighted by molar-refractivity contribution is 5.84. The third kappa shape index (κ3) is 3.97. The average Bonchev–Trinajstić information content (AvgIpc) is 2.69. The monoisotopic (exact) mass is 370 g/mol. The maximum atomic E-state index is 12.5. The van der Waals surface area contributed by atoms with Gasteiger partial charge in [0, 0.05) is 5.92 Å². The van der Waals surface area contributed by atoms with Gasteiger partial charge in [-0.3, -0.25) is 0 Å². The third-order valence-corrected chi connectivity index (χ3v) is 4.49. The zero-order chi connectivity index (χ0) is 19.4. The number of aromatic hydroxyl groups is 1. The molecule has 3 rings (SSSR count). The summed E-state index contributed by atoms with van der Waals surface area (Å²) in [6, 6.07) is 14.0. The van der Waals surface area contributed by atoms with Crippen molar-refractivity contribution in [2.24, 2.45) is 0 Å². The lowest BCUT2D eigenvalue weighted by Gasteiger charge is -2.18. The molecule has 0 aliphatic carbocycles. The molecule has 2 unspecified atom stereocenters. The summed E-state index contributed by atoms with van der Waals surface area (Å²) in [6.45, 7) is 1.49. The van der Waals surface area contributed by atoms with E-state index in [2.05, 4.69) is 0 Å². The summed E-state index contributed by atoms with van der Waals surface area (Å²) in [6.07, 6.45) is -0.397. The third-order valence-electron chi connectivity index (χ3n) is 4.49. The van der Waals surface area contributed by atoms with Crippen LogP contribution in [0.15, 0.2) is 57.7 Å². The smallest absolute Gasteiger partial charge is 0.343 e. The van der Waals surface area contributed by atoms with Crippen molar-refractivity contribution in [3.05, 3.63) is 70.1 Å². The van der Waals surface area contributed by atoms with E-state index in [9.17, 15) is 15.0 Å². The Kier molecular flexibility index (Phi) is 5.78. The normalized spacial score (nSPS) is 13.4. The number of ether oxygens (including phenoxy) is 1. The summed E-state index contributed by atoms with van der Waals surface area (Å²) in [5.74, 6) is 0.0519. The number of benzene rings is 2. The molecule has 6 nitrogen and oxygen atoms in total. The number of aliphatic hydroxyl groups is 2. The van der Waals surface area contributed by atoms with Crippen LogP contribution >= 0.6 is 0 Å². The second-order valence-corrected chi connectivity index (χ2v) is 6.33. The number of hydrogen-bond donors (Lipinski definition) is 3. The zero-order valence-electron chi connectivity index (χ0n) is 15.0. The Morgan fingerprint density at radius 1 is 1.15 bits per heavy atom. The molecule has 3 aromatic rings. The van der Waals surface area contributed by atoms with Crippen LogP contribution in [-0.4, -0.2) is 34.6 Å². The quantitative estimate of drug-likeness (QED) is 0.553. The highest BCUT2D eigenvalue weighted by Crippen LogP contribution is 2.36. The molecule has 0 saturated heterocycles. The Morgan fingerprint density at radius 2 is 1.93 bits per heavy atom. The highest BCUT2D eigenvalue weighted by atomic mass is 16.5. The topological polar surface area (TPSA) is 100 Å². The molecule has 0 aliphatic heterocycles. The van der Waals surface area contributed by atoms with Crippen LogP contribution in [0.3, 0.4) is 0 Å². The van der Waals surface area contributed by atoms with E-state index in [-0.39, 0.29) is 30.4 Å². The van der Waals surface area contributed by atoms with Crippen molar-refractivity contribution in [2.45, 2.75) is 25.4 Å². The minimum Gasteiger partial charge on any atom is -0.507 e. The number of fused-ring (bicyclic) bond motifs is 1. The van der Waals surface area contributed by atoms with Gasteiger partial charge in [0.2, 0.25) is 0 Å². The molecule has 0 spiro atoms. The molecule has 1 aromatic heterocycles. The summed E-state index contributed by atoms with van der Waals surface area (Å²) in [5, 5.41) is 29.5. The number of para-hydroxylation sites is 1. The van der Waals surface area contributed by atoms with Gasteiger partial charge in [-0.1, -0.05) is 31.2 Å². The molecular weight excluding hydrogens is 348 g/mol. The molecule has 142 valence electrons. The molecule has 6 heteroatoms. The summed E-state index contributed by atoms with van der Waals surface area (Å²) >= 11 is 0. The van der Waals surface area contributed by atoms with Crippen molar-refractivity contribution in [1.29, 1.82) is 0 Å². The summed E-state index contributed by atoms with van der Waals surface area (Å²) < 4.78 is 10.9. The lowest BCUT2D eigenvalue weighted by Crippen LogP contribution is -2.21. The molecule has 3 N–H and O–H groups in total. The first-order chi connectivity index (χ1) is 13.0. The molecule has 0 amide bonds. The van der Waals surface area contributed by atoms with E-state index < -0.39 is 11.7 Å². The van der Waals surface area contributed by atoms with Crippen molar-refractivity contribution >= 4 is 11.0 Å². The standard InChI is InChI=1S/C21H22O6/c1-2-16(13-6-5-7-15(10-13)26-12-14(23)11-22)19-20(24)17-8-3-4-9-18(17)27-21(19)25/h3-10,14,16,22-24H,2,11-12H2,1H3. The van der Waals surface area contributed by atoms with Gasteiger partial charge in [0.1, 0.15) is 29.8 Å². The first-order valence-corrected chi connectivity index (χ1v) is 8.81. The van der Waals surface area contributed by atoms with Crippen LogP contribution in [0.4, 0.5) is 0 Å². The minimum absolute atomic E-state index is 0.0416. The molecule has 1 heterocycles. The van der Waals surface area contributed by atoms with Crippen LogP contribution in [0.25, 0.3) is 11.0 Å². The van der Waals surface area contributed by atoms with Gasteiger partial charge in [-0.25, -0.2) is 4.79 Å². The van der Waals surface area contributed by atoms with Crippen molar-refractivity contribution in [2.75, 3.05) is 13.2 Å². The largest absolute Gasteiger partial charge is 0.507 e. The Hall–Kier alpha value is -2.83. The first kappa shape index (κ1) is 18.9.